The van der Waals surface area contributed by atoms with E-state index in [0.29, 0.717) is 6.54 Å². The van der Waals surface area contributed by atoms with Crippen LogP contribution in [0, 0.1) is 5.41 Å². The van der Waals surface area contributed by atoms with Crippen LogP contribution >= 0.6 is 0 Å². The number of nitrogens with one attached hydrogen (secondary N) is 1. The fourth-order valence-electron chi connectivity index (χ4n) is 2.56. The highest BCUT2D eigenvalue weighted by molar-refractivity contribution is 5.74. The van der Waals surface area contributed by atoms with Gasteiger partial charge in [-0.15, -0.1) is 0 Å². The topological polar surface area (TPSA) is 55.8 Å². The summed E-state index contributed by atoms with van der Waals surface area (Å²) in [5.74, 6) is 0. The Kier molecular flexibility index (Phi) is 5.62. The van der Waals surface area contributed by atoms with Gasteiger partial charge in [-0.1, -0.05) is 13.8 Å². The minimum atomic E-state index is -0.371. The molecule has 0 bridgehead atoms. The molecule has 0 unspecified atom stereocenters. The molecule has 0 aliphatic carbocycles. The average molecular weight is 271 g/mol. The molecule has 0 spiro atoms. The van der Waals surface area contributed by atoms with Gasteiger partial charge in [0.25, 0.3) is 0 Å². The van der Waals surface area contributed by atoms with Crippen molar-refractivity contribution in [2.45, 2.75) is 45.8 Å². The molecule has 1 rings (SSSR count). The second kappa shape index (κ2) is 6.57. The number of hydrogen-bond donors (Lipinski definition) is 2. The van der Waals surface area contributed by atoms with Crippen molar-refractivity contribution in [3.8, 4) is 0 Å². The van der Waals surface area contributed by atoms with Crippen molar-refractivity contribution in [2.24, 2.45) is 5.41 Å². The molecular formula is C14H29N3O2. The smallest absolute Gasteiger partial charge is 0.317 e. The third kappa shape index (κ3) is 4.99. The van der Waals surface area contributed by atoms with Gasteiger partial charge < -0.3 is 20.2 Å². The molecule has 1 heterocycles. The van der Waals surface area contributed by atoms with E-state index in [2.05, 4.69) is 24.1 Å². The van der Waals surface area contributed by atoms with Crippen LogP contribution < -0.4 is 5.32 Å². The predicted molar refractivity (Wildman–Crippen MR) is 77.1 cm³/mol. The number of carbonyl (C=O) groups is 1. The highest BCUT2D eigenvalue weighted by Crippen LogP contribution is 2.21. The van der Waals surface area contributed by atoms with Crippen LogP contribution in [0.3, 0.4) is 0 Å². The molecule has 1 aliphatic rings. The predicted octanol–water partition coefficient (Wildman–Crippen LogP) is 1.13. The van der Waals surface area contributed by atoms with Gasteiger partial charge in [-0.3, -0.25) is 0 Å². The average Bonchev–Trinajstić information content (AvgIpc) is 2.27. The van der Waals surface area contributed by atoms with Crippen molar-refractivity contribution in [3.63, 3.8) is 0 Å². The van der Waals surface area contributed by atoms with Gasteiger partial charge in [-0.25, -0.2) is 4.79 Å². The standard InChI is InChI=1S/C14H29N3O2/c1-11(14(2,3)10-16(4)5)15-13(19)17-8-6-7-12(18)9-17/h11-12,18H,6-10H2,1-5H3,(H,15,19)/t11-,12+/m0/s1. The van der Waals surface area contributed by atoms with Crippen LogP contribution in [0.1, 0.15) is 33.6 Å². The van der Waals surface area contributed by atoms with Gasteiger partial charge in [0.1, 0.15) is 0 Å². The molecule has 2 amide bonds. The van der Waals surface area contributed by atoms with E-state index in [1.807, 2.05) is 21.0 Å². The fraction of sp³-hybridized carbons (Fsp3) is 0.929. The number of rotatable bonds is 4. The summed E-state index contributed by atoms with van der Waals surface area (Å²) in [6.07, 6.45) is 1.31. The second-order valence-electron chi connectivity index (χ2n) is 6.64. The third-order valence-corrected chi connectivity index (χ3v) is 3.92. The van der Waals surface area contributed by atoms with E-state index in [1.165, 1.54) is 0 Å². The van der Waals surface area contributed by atoms with E-state index in [4.69, 9.17) is 0 Å². The molecule has 0 aromatic rings. The summed E-state index contributed by atoms with van der Waals surface area (Å²) in [6.45, 7) is 8.46. The Morgan fingerprint density at radius 2 is 2.16 bits per heavy atom. The lowest BCUT2D eigenvalue weighted by Crippen LogP contribution is -2.53. The Balaban J connectivity index is 2.51. The molecule has 1 fully saturated rings. The van der Waals surface area contributed by atoms with Gasteiger partial charge in [0.15, 0.2) is 0 Å². The van der Waals surface area contributed by atoms with Crippen molar-refractivity contribution in [1.82, 2.24) is 15.1 Å². The molecule has 0 saturated carbocycles. The van der Waals surface area contributed by atoms with E-state index in [1.54, 1.807) is 4.90 Å². The summed E-state index contributed by atoms with van der Waals surface area (Å²) in [5.41, 5.74) is 0.00750. The largest absolute Gasteiger partial charge is 0.391 e. The van der Waals surface area contributed by atoms with Crippen LogP contribution in [-0.2, 0) is 0 Å². The lowest BCUT2D eigenvalue weighted by atomic mass is 9.85. The molecule has 19 heavy (non-hydrogen) atoms. The van der Waals surface area contributed by atoms with Gasteiger partial charge in [0, 0.05) is 25.7 Å². The van der Waals surface area contributed by atoms with Crippen LogP contribution in [-0.4, -0.2) is 66.8 Å². The van der Waals surface area contributed by atoms with Crippen molar-refractivity contribution < 1.29 is 9.90 Å². The monoisotopic (exact) mass is 271 g/mol. The summed E-state index contributed by atoms with van der Waals surface area (Å²) in [5, 5.41) is 12.7. The maximum atomic E-state index is 12.2. The Morgan fingerprint density at radius 3 is 2.68 bits per heavy atom. The first-order valence-corrected chi connectivity index (χ1v) is 7.10. The Morgan fingerprint density at radius 1 is 1.53 bits per heavy atom. The fourth-order valence-corrected chi connectivity index (χ4v) is 2.56. The zero-order valence-corrected chi connectivity index (χ0v) is 12.9. The zero-order valence-electron chi connectivity index (χ0n) is 12.9. The normalized spacial score (nSPS) is 22.5. The highest BCUT2D eigenvalue weighted by atomic mass is 16.3. The van der Waals surface area contributed by atoms with E-state index >= 15 is 0 Å². The summed E-state index contributed by atoms with van der Waals surface area (Å²) in [4.78, 5) is 16.0. The Labute approximate surface area is 117 Å². The number of aliphatic hydroxyl groups is 1. The number of aliphatic hydroxyl groups excluding tert-OH is 1. The second-order valence-corrected chi connectivity index (χ2v) is 6.64. The lowest BCUT2D eigenvalue weighted by molar-refractivity contribution is 0.0804. The molecular weight excluding hydrogens is 242 g/mol. The van der Waals surface area contributed by atoms with E-state index < -0.39 is 0 Å². The number of hydrogen-bond acceptors (Lipinski definition) is 3. The number of likely N-dealkylation sites (tertiary alicyclic amines) is 1. The molecule has 2 atom stereocenters. The molecule has 0 aromatic heterocycles. The zero-order chi connectivity index (χ0) is 14.6. The number of piperidine rings is 1. The van der Waals surface area contributed by atoms with E-state index in [9.17, 15) is 9.90 Å². The maximum Gasteiger partial charge on any atom is 0.317 e. The van der Waals surface area contributed by atoms with E-state index in [-0.39, 0.29) is 23.6 Å². The van der Waals surface area contributed by atoms with Crippen molar-refractivity contribution in [2.75, 3.05) is 33.7 Å². The van der Waals surface area contributed by atoms with Crippen molar-refractivity contribution in [1.29, 1.82) is 0 Å². The van der Waals surface area contributed by atoms with Crippen molar-refractivity contribution in [3.05, 3.63) is 0 Å². The van der Waals surface area contributed by atoms with Gasteiger partial charge in [-0.05, 0) is 39.3 Å². The van der Waals surface area contributed by atoms with E-state index in [0.717, 1.165) is 25.9 Å². The molecule has 2 N–H and O–H groups in total. The van der Waals surface area contributed by atoms with Gasteiger partial charge >= 0.3 is 6.03 Å². The minimum absolute atomic E-state index is 0.00750. The van der Waals surface area contributed by atoms with Gasteiger partial charge in [-0.2, -0.15) is 0 Å². The molecule has 1 aliphatic heterocycles. The maximum absolute atomic E-state index is 12.2. The number of urea groups is 1. The molecule has 1 saturated heterocycles. The van der Waals surface area contributed by atoms with Gasteiger partial charge in [0.05, 0.1) is 6.10 Å². The first-order valence-electron chi connectivity index (χ1n) is 7.10. The highest BCUT2D eigenvalue weighted by Gasteiger charge is 2.30. The van der Waals surface area contributed by atoms with Crippen LogP contribution in [0.25, 0.3) is 0 Å². The quantitative estimate of drug-likeness (QED) is 0.806. The first kappa shape index (κ1) is 16.2. The number of β-amino-alcohol motifs (C(OH)–C–C–N with tert-alkyl or cyclic N) is 1. The summed E-state index contributed by atoms with van der Waals surface area (Å²) >= 11 is 0. The SMILES string of the molecule is C[C@H](NC(=O)N1CCC[C@@H](O)C1)C(C)(C)CN(C)C. The number of carbonyl (C=O) groups excluding carboxylic acids is 1. The van der Waals surface area contributed by atoms with Crippen LogP contribution in [0.2, 0.25) is 0 Å². The van der Waals surface area contributed by atoms with Gasteiger partial charge in [0.2, 0.25) is 0 Å². The summed E-state index contributed by atoms with van der Waals surface area (Å²) in [7, 11) is 4.08. The molecule has 5 heteroatoms. The molecule has 0 radical (unpaired) electrons. The molecule has 112 valence electrons. The third-order valence-electron chi connectivity index (χ3n) is 3.92. The summed E-state index contributed by atoms with van der Waals surface area (Å²) < 4.78 is 0. The number of nitrogens with zero attached hydrogens (tertiary/aromatic N) is 2. The van der Waals surface area contributed by atoms with Crippen LogP contribution in [0.5, 0.6) is 0 Å². The van der Waals surface area contributed by atoms with Crippen LogP contribution in [0.4, 0.5) is 4.79 Å². The first-order chi connectivity index (χ1) is 8.72. The molecule has 5 nitrogen and oxygen atoms in total. The number of amides is 2. The Hall–Kier alpha value is -0.810. The minimum Gasteiger partial charge on any atom is -0.391 e. The molecule has 0 aromatic carbocycles. The summed E-state index contributed by atoms with van der Waals surface area (Å²) in [6, 6.07) is 0.0274. The van der Waals surface area contributed by atoms with Crippen LogP contribution in [0.15, 0.2) is 0 Å². The van der Waals surface area contributed by atoms with Crippen molar-refractivity contribution >= 4 is 6.03 Å². The Bertz CT molecular complexity index is 305. The lowest BCUT2D eigenvalue weighted by Gasteiger charge is -2.37.